The van der Waals surface area contributed by atoms with Crippen molar-refractivity contribution in [2.75, 3.05) is 0 Å². The number of nitrogens with one attached hydrogen (secondary N) is 2. The minimum Gasteiger partial charge on any atom is -0.348 e. The van der Waals surface area contributed by atoms with Crippen LogP contribution in [0, 0.1) is 13.8 Å². The summed E-state index contributed by atoms with van der Waals surface area (Å²) in [5, 5.41) is 14.3. The van der Waals surface area contributed by atoms with Crippen LogP contribution in [0.5, 0.6) is 0 Å². The molecule has 1 amide bonds. The van der Waals surface area contributed by atoms with Gasteiger partial charge >= 0.3 is 0 Å². The Morgan fingerprint density at radius 1 is 1.50 bits per heavy atom. The van der Waals surface area contributed by atoms with E-state index in [4.69, 9.17) is 0 Å². The molecule has 0 aliphatic carbocycles. The van der Waals surface area contributed by atoms with E-state index in [2.05, 4.69) is 20.6 Å². The highest BCUT2D eigenvalue weighted by Crippen LogP contribution is 2.25. The summed E-state index contributed by atoms with van der Waals surface area (Å²) in [6.45, 7) is 7.94. The number of nitrogens with zero attached hydrogens (tertiary/aromatic N) is 3. The SMILES string of the molecule is CCC(C)NC(=O)c1cc(-c2c(C)nn(C)c2C)n[nH]1. The van der Waals surface area contributed by atoms with Gasteiger partial charge in [-0.1, -0.05) is 6.92 Å². The molecule has 0 fully saturated rings. The first kappa shape index (κ1) is 14.3. The Hall–Kier alpha value is -2.11. The first-order valence-corrected chi connectivity index (χ1v) is 6.80. The molecule has 0 spiro atoms. The lowest BCUT2D eigenvalue weighted by molar-refractivity contribution is 0.0934. The number of H-pyrrole nitrogens is 1. The summed E-state index contributed by atoms with van der Waals surface area (Å²) in [7, 11) is 1.90. The summed E-state index contributed by atoms with van der Waals surface area (Å²) in [6.07, 6.45) is 0.896. The smallest absolute Gasteiger partial charge is 0.269 e. The number of aryl methyl sites for hydroxylation is 2. The highest BCUT2D eigenvalue weighted by Gasteiger charge is 2.17. The van der Waals surface area contributed by atoms with E-state index in [0.717, 1.165) is 29.1 Å². The number of aromatic amines is 1. The van der Waals surface area contributed by atoms with Gasteiger partial charge in [0.25, 0.3) is 5.91 Å². The van der Waals surface area contributed by atoms with Crippen molar-refractivity contribution in [2.45, 2.75) is 40.2 Å². The van der Waals surface area contributed by atoms with E-state index in [1.54, 1.807) is 6.07 Å². The van der Waals surface area contributed by atoms with E-state index in [1.165, 1.54) is 0 Å². The van der Waals surface area contributed by atoms with Gasteiger partial charge in [0.05, 0.1) is 11.4 Å². The van der Waals surface area contributed by atoms with E-state index >= 15 is 0 Å². The fourth-order valence-electron chi connectivity index (χ4n) is 2.11. The zero-order valence-corrected chi connectivity index (χ0v) is 12.6. The van der Waals surface area contributed by atoms with Crippen LogP contribution < -0.4 is 5.32 Å². The van der Waals surface area contributed by atoms with Gasteiger partial charge in [-0.3, -0.25) is 14.6 Å². The second kappa shape index (κ2) is 5.48. The molecule has 0 bridgehead atoms. The Morgan fingerprint density at radius 3 is 2.75 bits per heavy atom. The van der Waals surface area contributed by atoms with Crippen molar-refractivity contribution in [1.82, 2.24) is 25.3 Å². The van der Waals surface area contributed by atoms with Crippen molar-refractivity contribution in [3.05, 3.63) is 23.1 Å². The third kappa shape index (κ3) is 2.59. The highest BCUT2D eigenvalue weighted by molar-refractivity contribution is 5.93. The van der Waals surface area contributed by atoms with Crippen LogP contribution in [0.1, 0.15) is 42.1 Å². The summed E-state index contributed by atoms with van der Waals surface area (Å²) in [5.74, 6) is -0.128. The summed E-state index contributed by atoms with van der Waals surface area (Å²) < 4.78 is 1.82. The monoisotopic (exact) mass is 275 g/mol. The van der Waals surface area contributed by atoms with E-state index in [-0.39, 0.29) is 11.9 Å². The van der Waals surface area contributed by atoms with E-state index in [1.807, 2.05) is 39.4 Å². The molecule has 0 radical (unpaired) electrons. The Bertz CT molecular complexity index is 626. The Morgan fingerprint density at radius 2 is 2.20 bits per heavy atom. The summed E-state index contributed by atoms with van der Waals surface area (Å²) in [4.78, 5) is 12.0. The fraction of sp³-hybridized carbons (Fsp3) is 0.500. The van der Waals surface area contributed by atoms with Crippen LogP contribution >= 0.6 is 0 Å². The third-order valence-electron chi connectivity index (χ3n) is 3.58. The number of carbonyl (C=O) groups is 1. The molecule has 0 saturated carbocycles. The molecule has 2 aromatic heterocycles. The maximum absolute atomic E-state index is 12.0. The van der Waals surface area contributed by atoms with Crippen molar-refractivity contribution < 1.29 is 4.79 Å². The quantitative estimate of drug-likeness (QED) is 0.895. The molecule has 2 rings (SSSR count). The van der Waals surface area contributed by atoms with Gasteiger partial charge in [0.15, 0.2) is 0 Å². The zero-order valence-electron chi connectivity index (χ0n) is 12.6. The van der Waals surface area contributed by atoms with Crippen LogP contribution in [0.2, 0.25) is 0 Å². The van der Waals surface area contributed by atoms with Crippen molar-refractivity contribution in [2.24, 2.45) is 7.05 Å². The highest BCUT2D eigenvalue weighted by atomic mass is 16.2. The predicted octanol–water partition coefficient (Wildman–Crippen LogP) is 1.96. The lowest BCUT2D eigenvalue weighted by atomic mass is 10.1. The molecular weight excluding hydrogens is 254 g/mol. The van der Waals surface area contributed by atoms with Crippen LogP contribution in [-0.4, -0.2) is 31.9 Å². The Balaban J connectivity index is 2.27. The minimum absolute atomic E-state index is 0.128. The Labute approximate surface area is 118 Å². The lowest BCUT2D eigenvalue weighted by Gasteiger charge is -2.09. The van der Waals surface area contributed by atoms with Crippen molar-refractivity contribution >= 4 is 5.91 Å². The molecule has 0 aliphatic rings. The van der Waals surface area contributed by atoms with E-state index < -0.39 is 0 Å². The molecule has 6 nitrogen and oxygen atoms in total. The third-order valence-corrected chi connectivity index (χ3v) is 3.58. The topological polar surface area (TPSA) is 75.6 Å². The van der Waals surface area contributed by atoms with Gasteiger partial charge in [0, 0.05) is 24.3 Å². The van der Waals surface area contributed by atoms with Gasteiger partial charge in [-0.2, -0.15) is 10.2 Å². The van der Waals surface area contributed by atoms with Crippen molar-refractivity contribution in [3.63, 3.8) is 0 Å². The zero-order chi connectivity index (χ0) is 14.9. The standard InChI is InChI=1S/C14H21N5O/c1-6-8(2)15-14(20)12-7-11(16-17-12)13-9(3)18-19(5)10(13)4/h7-8H,6H2,1-5H3,(H,15,20)(H,16,17). The molecular formula is C14H21N5O. The van der Waals surface area contributed by atoms with Crippen LogP contribution in [-0.2, 0) is 7.05 Å². The molecule has 6 heteroatoms. The van der Waals surface area contributed by atoms with Crippen LogP contribution in [0.15, 0.2) is 6.07 Å². The predicted molar refractivity (Wildman–Crippen MR) is 77.5 cm³/mol. The summed E-state index contributed by atoms with van der Waals surface area (Å²) in [5.41, 5.74) is 4.14. The minimum atomic E-state index is -0.128. The lowest BCUT2D eigenvalue weighted by Crippen LogP contribution is -2.32. The number of hydrogen-bond acceptors (Lipinski definition) is 3. The van der Waals surface area contributed by atoms with Crippen molar-refractivity contribution in [1.29, 1.82) is 0 Å². The molecule has 20 heavy (non-hydrogen) atoms. The summed E-state index contributed by atoms with van der Waals surface area (Å²) >= 11 is 0. The van der Waals surface area contributed by atoms with Gasteiger partial charge in [-0.05, 0) is 33.3 Å². The van der Waals surface area contributed by atoms with E-state index in [9.17, 15) is 4.79 Å². The number of aromatic nitrogens is 4. The number of amides is 1. The second-order valence-electron chi connectivity index (χ2n) is 5.12. The number of carbonyl (C=O) groups excluding carboxylic acids is 1. The first-order chi connectivity index (χ1) is 9.43. The van der Waals surface area contributed by atoms with Gasteiger partial charge in [0.1, 0.15) is 5.69 Å². The number of hydrogen-bond donors (Lipinski definition) is 2. The molecule has 108 valence electrons. The van der Waals surface area contributed by atoms with Crippen LogP contribution in [0.4, 0.5) is 0 Å². The molecule has 2 aromatic rings. The molecule has 0 saturated heterocycles. The van der Waals surface area contributed by atoms with Gasteiger partial charge in [0.2, 0.25) is 0 Å². The van der Waals surface area contributed by atoms with Gasteiger partial charge in [-0.15, -0.1) is 0 Å². The normalized spacial score (nSPS) is 12.4. The molecule has 2 heterocycles. The van der Waals surface area contributed by atoms with E-state index in [0.29, 0.717) is 5.69 Å². The molecule has 0 aliphatic heterocycles. The van der Waals surface area contributed by atoms with Crippen LogP contribution in [0.3, 0.4) is 0 Å². The largest absolute Gasteiger partial charge is 0.348 e. The average Bonchev–Trinajstić information content (AvgIpc) is 2.96. The molecule has 2 N–H and O–H groups in total. The maximum Gasteiger partial charge on any atom is 0.269 e. The van der Waals surface area contributed by atoms with Gasteiger partial charge in [-0.25, -0.2) is 0 Å². The van der Waals surface area contributed by atoms with Gasteiger partial charge < -0.3 is 5.32 Å². The molecule has 1 unspecified atom stereocenters. The van der Waals surface area contributed by atoms with Crippen LogP contribution in [0.25, 0.3) is 11.3 Å². The fourth-order valence-corrected chi connectivity index (χ4v) is 2.11. The number of rotatable bonds is 4. The molecule has 0 aromatic carbocycles. The average molecular weight is 275 g/mol. The van der Waals surface area contributed by atoms with Crippen molar-refractivity contribution in [3.8, 4) is 11.3 Å². The Kier molecular flexibility index (Phi) is 3.92. The summed E-state index contributed by atoms with van der Waals surface area (Å²) in [6, 6.07) is 1.92. The molecule has 1 atom stereocenters. The maximum atomic E-state index is 12.0. The first-order valence-electron chi connectivity index (χ1n) is 6.80. The second-order valence-corrected chi connectivity index (χ2v) is 5.12.